The van der Waals surface area contributed by atoms with Crippen LogP contribution in [0.5, 0.6) is 0 Å². The van der Waals surface area contributed by atoms with Gasteiger partial charge in [0.25, 0.3) is 0 Å². The smallest absolute Gasteiger partial charge is 0.0620 e. The Kier molecular flexibility index (Phi) is 7.60. The van der Waals surface area contributed by atoms with Gasteiger partial charge in [0.1, 0.15) is 0 Å². The Morgan fingerprint density at radius 2 is 1.16 bits per heavy atom. The standard InChI is InChI=1S/C54H42N2/c1-3-49-51(44-17-9-10-18-45(44)52(55-49)39-14-5-4-6-15-39)38-29-23-35(24-30-38)40-31-32-43-46-20-12-22-48-47-21-11-19-42(53(47)56(54(46)48)50(43)33-40)37-27-25-36(26-28-37)41-16-8-7-13-34(41)2/h4-34,41,49,55H,3H2,1-2H3. The number of hydrogen-bond acceptors (Lipinski definition) is 1. The predicted octanol–water partition coefficient (Wildman–Crippen LogP) is 11.8. The van der Waals surface area contributed by atoms with Crippen molar-refractivity contribution in [3.05, 3.63) is 209 Å². The summed E-state index contributed by atoms with van der Waals surface area (Å²) in [4.78, 5) is 0. The molecule has 1 aliphatic carbocycles. The molecule has 56 heavy (non-hydrogen) atoms. The van der Waals surface area contributed by atoms with E-state index in [-0.39, 0.29) is 6.04 Å². The Morgan fingerprint density at radius 3 is 1.93 bits per heavy atom. The lowest BCUT2D eigenvalue weighted by molar-refractivity contribution is 0.635. The van der Waals surface area contributed by atoms with E-state index in [1.54, 1.807) is 0 Å². The van der Waals surface area contributed by atoms with Gasteiger partial charge < -0.3 is 9.72 Å². The summed E-state index contributed by atoms with van der Waals surface area (Å²) < 4.78 is 2.54. The summed E-state index contributed by atoms with van der Waals surface area (Å²) in [5.41, 5.74) is 15.2. The van der Waals surface area contributed by atoms with Crippen molar-refractivity contribution in [3.63, 3.8) is 0 Å². The molecule has 0 radical (unpaired) electrons. The lowest BCUT2D eigenvalue weighted by Crippen LogP contribution is -2.46. The molecule has 3 atom stereocenters. The molecule has 11 rings (SSSR count). The lowest BCUT2D eigenvalue weighted by atomic mass is 9.84. The number of nitrogens with zero attached hydrogens (tertiary/aromatic N) is 1. The van der Waals surface area contributed by atoms with E-state index in [1.807, 2.05) is 0 Å². The normalized spacial score (nSPS) is 18.0. The van der Waals surface area contributed by atoms with Crippen LogP contribution in [0.1, 0.15) is 42.9 Å². The Morgan fingerprint density at radius 1 is 0.518 bits per heavy atom. The van der Waals surface area contributed by atoms with Gasteiger partial charge in [-0.15, -0.1) is 0 Å². The molecule has 0 amide bonds. The number of aromatic nitrogens is 1. The highest BCUT2D eigenvalue weighted by Crippen LogP contribution is 2.43. The molecule has 1 aliphatic heterocycles. The van der Waals surface area contributed by atoms with Crippen LogP contribution in [0.15, 0.2) is 182 Å². The van der Waals surface area contributed by atoms with Crippen molar-refractivity contribution in [1.82, 2.24) is 9.72 Å². The van der Waals surface area contributed by atoms with Crippen LogP contribution in [0.2, 0.25) is 0 Å². The van der Waals surface area contributed by atoms with Crippen molar-refractivity contribution < 1.29 is 0 Å². The van der Waals surface area contributed by atoms with E-state index < -0.39 is 0 Å². The Bertz CT molecular complexity index is 3140. The van der Waals surface area contributed by atoms with Crippen LogP contribution in [0, 0.1) is 5.92 Å². The van der Waals surface area contributed by atoms with Crippen LogP contribution < -0.4 is 15.8 Å². The number of nitrogens with one attached hydrogen (secondary N) is 1. The maximum atomic E-state index is 3.94. The predicted molar refractivity (Wildman–Crippen MR) is 237 cm³/mol. The molecular formula is C54H42N2. The summed E-state index contributed by atoms with van der Waals surface area (Å²) in [5, 5.41) is 11.7. The lowest BCUT2D eigenvalue weighted by Gasteiger charge is -2.28. The average molecular weight is 719 g/mol. The summed E-state index contributed by atoms with van der Waals surface area (Å²) in [7, 11) is 0. The van der Waals surface area contributed by atoms with Crippen LogP contribution in [0.3, 0.4) is 0 Å². The third kappa shape index (κ3) is 5.02. The van der Waals surface area contributed by atoms with Crippen molar-refractivity contribution in [2.24, 2.45) is 5.92 Å². The van der Waals surface area contributed by atoms with Crippen LogP contribution in [0.25, 0.3) is 71.6 Å². The minimum Gasteiger partial charge on any atom is -0.377 e. The van der Waals surface area contributed by atoms with Gasteiger partial charge >= 0.3 is 0 Å². The van der Waals surface area contributed by atoms with Gasteiger partial charge in [0, 0.05) is 43.9 Å². The monoisotopic (exact) mass is 718 g/mol. The zero-order valence-corrected chi connectivity index (χ0v) is 31.7. The van der Waals surface area contributed by atoms with Gasteiger partial charge in [0.05, 0.1) is 22.6 Å². The molecule has 7 aromatic carbocycles. The topological polar surface area (TPSA) is 16.4 Å². The van der Waals surface area contributed by atoms with Gasteiger partial charge in [0.2, 0.25) is 0 Å². The van der Waals surface area contributed by atoms with Gasteiger partial charge in [-0.1, -0.05) is 190 Å². The van der Waals surface area contributed by atoms with E-state index in [2.05, 4.69) is 206 Å². The molecule has 2 aliphatic rings. The molecule has 3 heterocycles. The van der Waals surface area contributed by atoms with E-state index in [4.69, 9.17) is 0 Å². The summed E-state index contributed by atoms with van der Waals surface area (Å²) in [6, 6.07) is 59.1. The second-order valence-electron chi connectivity index (χ2n) is 15.6. The molecule has 0 spiro atoms. The van der Waals surface area contributed by atoms with Crippen molar-refractivity contribution >= 4 is 49.4 Å². The molecule has 0 saturated carbocycles. The molecule has 1 N–H and O–H groups in total. The number of rotatable bonds is 6. The summed E-state index contributed by atoms with van der Waals surface area (Å²) in [6.07, 6.45) is 9.97. The molecule has 268 valence electrons. The SMILES string of the molecule is CCC1NC(c2ccccc2)=c2ccccc2=C1c1ccc(-c2ccc3c4cccc5c6cccc(-c7ccc(C8C=CC=CC8C)cc7)c6n(c3c2)c45)cc1. The van der Waals surface area contributed by atoms with Crippen molar-refractivity contribution in [2.75, 3.05) is 0 Å². The van der Waals surface area contributed by atoms with E-state index in [0.717, 1.165) is 6.42 Å². The van der Waals surface area contributed by atoms with E-state index in [1.165, 1.54) is 98.7 Å². The van der Waals surface area contributed by atoms with E-state index in [0.29, 0.717) is 11.8 Å². The van der Waals surface area contributed by atoms with E-state index in [9.17, 15) is 0 Å². The first kappa shape index (κ1) is 32.8. The van der Waals surface area contributed by atoms with Gasteiger partial charge in [-0.3, -0.25) is 0 Å². The van der Waals surface area contributed by atoms with Crippen molar-refractivity contribution in [3.8, 4) is 22.3 Å². The minimum absolute atomic E-state index is 0.212. The fourth-order valence-electron chi connectivity index (χ4n) is 9.74. The second-order valence-corrected chi connectivity index (χ2v) is 15.6. The molecule has 0 saturated heterocycles. The maximum Gasteiger partial charge on any atom is 0.0620 e. The highest BCUT2D eigenvalue weighted by molar-refractivity contribution is 6.25. The average Bonchev–Trinajstić information content (AvgIpc) is 3.79. The highest BCUT2D eigenvalue weighted by atomic mass is 14.9. The fraction of sp³-hybridized carbons (Fsp3) is 0.111. The number of hydrogen-bond donors (Lipinski definition) is 1. The third-order valence-electron chi connectivity index (χ3n) is 12.5. The highest BCUT2D eigenvalue weighted by Gasteiger charge is 2.24. The van der Waals surface area contributed by atoms with Crippen LogP contribution in [-0.4, -0.2) is 10.4 Å². The third-order valence-corrected chi connectivity index (χ3v) is 12.5. The number of allylic oxidation sites excluding steroid dienone is 4. The first-order chi connectivity index (χ1) is 27.7. The van der Waals surface area contributed by atoms with Crippen molar-refractivity contribution in [2.45, 2.75) is 32.2 Å². The molecule has 2 heteroatoms. The molecule has 2 nitrogen and oxygen atoms in total. The zero-order chi connectivity index (χ0) is 37.3. The van der Waals surface area contributed by atoms with Gasteiger partial charge in [-0.2, -0.15) is 0 Å². The Labute approximate surface area is 327 Å². The number of fused-ring (bicyclic) bond motifs is 7. The van der Waals surface area contributed by atoms with Gasteiger partial charge in [-0.25, -0.2) is 0 Å². The molecule has 2 aromatic heterocycles. The Hall–Kier alpha value is -6.64. The maximum absolute atomic E-state index is 3.94. The van der Waals surface area contributed by atoms with Crippen LogP contribution in [0.4, 0.5) is 0 Å². The zero-order valence-electron chi connectivity index (χ0n) is 31.7. The van der Waals surface area contributed by atoms with Crippen LogP contribution >= 0.6 is 0 Å². The summed E-state index contributed by atoms with van der Waals surface area (Å²) >= 11 is 0. The van der Waals surface area contributed by atoms with E-state index >= 15 is 0 Å². The summed E-state index contributed by atoms with van der Waals surface area (Å²) in [6.45, 7) is 4.58. The molecular weight excluding hydrogens is 677 g/mol. The number of benzene rings is 7. The first-order valence-electron chi connectivity index (χ1n) is 20.1. The summed E-state index contributed by atoms with van der Waals surface area (Å²) in [5.74, 6) is 0.902. The number of para-hydroxylation sites is 2. The molecule has 0 bridgehead atoms. The quantitative estimate of drug-likeness (QED) is 0.181. The molecule has 3 unspecified atom stereocenters. The first-order valence-corrected chi connectivity index (χ1v) is 20.1. The van der Waals surface area contributed by atoms with Gasteiger partial charge in [-0.05, 0) is 62.6 Å². The second kappa shape index (κ2) is 13.0. The minimum atomic E-state index is 0.212. The molecule has 9 aromatic rings. The van der Waals surface area contributed by atoms with Crippen molar-refractivity contribution in [1.29, 1.82) is 0 Å². The van der Waals surface area contributed by atoms with Gasteiger partial charge in [0.15, 0.2) is 0 Å². The Balaban J connectivity index is 1.04. The fourth-order valence-corrected chi connectivity index (χ4v) is 9.74. The largest absolute Gasteiger partial charge is 0.377 e. The van der Waals surface area contributed by atoms with Crippen LogP contribution in [-0.2, 0) is 0 Å². The molecule has 0 fully saturated rings.